The largest absolute Gasteiger partial charge is 0.461 e. The lowest BCUT2D eigenvalue weighted by atomic mass is 10.2. The SMILES string of the molecule is CCOC(=O)C(C1=Nc2ccc(F)cc2SC1)[N+](=O)[O-]. The molecule has 1 aliphatic heterocycles. The Balaban J connectivity index is 2.34. The average molecular weight is 298 g/mol. The first kappa shape index (κ1) is 14.4. The summed E-state index contributed by atoms with van der Waals surface area (Å²) >= 11 is 1.21. The number of ether oxygens (including phenoxy) is 1. The summed E-state index contributed by atoms with van der Waals surface area (Å²) in [6.07, 6.45) is 0. The number of esters is 1. The fourth-order valence-corrected chi connectivity index (χ4v) is 2.72. The van der Waals surface area contributed by atoms with Crippen molar-refractivity contribution >= 4 is 29.1 Å². The Morgan fingerprint density at radius 2 is 2.40 bits per heavy atom. The van der Waals surface area contributed by atoms with Crippen LogP contribution in [0.1, 0.15) is 6.92 Å². The topological polar surface area (TPSA) is 81.8 Å². The molecule has 0 saturated heterocycles. The van der Waals surface area contributed by atoms with E-state index in [4.69, 9.17) is 4.74 Å². The standard InChI is InChI=1S/C12H11FN2O4S/c1-2-19-12(16)11(15(17)18)9-6-20-10-5-7(13)3-4-8(10)14-9/h3-5,11H,2,6H2,1H3. The Hall–Kier alpha value is -1.96. The van der Waals surface area contributed by atoms with Crippen molar-refractivity contribution in [3.63, 3.8) is 0 Å². The molecule has 1 unspecified atom stereocenters. The van der Waals surface area contributed by atoms with Gasteiger partial charge in [-0.3, -0.25) is 10.1 Å². The molecule has 1 aromatic carbocycles. The lowest BCUT2D eigenvalue weighted by Gasteiger charge is -2.16. The van der Waals surface area contributed by atoms with Crippen LogP contribution in [0.15, 0.2) is 28.1 Å². The second-order valence-electron chi connectivity index (χ2n) is 3.94. The van der Waals surface area contributed by atoms with Gasteiger partial charge in [-0.15, -0.1) is 11.8 Å². The van der Waals surface area contributed by atoms with Gasteiger partial charge in [0.15, 0.2) is 0 Å². The maximum Gasteiger partial charge on any atom is 0.388 e. The van der Waals surface area contributed by atoms with Crippen molar-refractivity contribution in [1.29, 1.82) is 0 Å². The van der Waals surface area contributed by atoms with Crippen LogP contribution < -0.4 is 0 Å². The Morgan fingerprint density at radius 3 is 3.05 bits per heavy atom. The molecule has 0 amide bonds. The Kier molecular flexibility index (Phi) is 4.33. The second kappa shape index (κ2) is 6.00. The van der Waals surface area contributed by atoms with Crippen molar-refractivity contribution in [3.8, 4) is 0 Å². The number of halogens is 1. The number of thioether (sulfide) groups is 1. The van der Waals surface area contributed by atoms with Crippen molar-refractivity contribution < 1.29 is 18.8 Å². The molecule has 20 heavy (non-hydrogen) atoms. The van der Waals surface area contributed by atoms with Crippen LogP contribution in [0.2, 0.25) is 0 Å². The summed E-state index contributed by atoms with van der Waals surface area (Å²) < 4.78 is 17.8. The fourth-order valence-electron chi connectivity index (χ4n) is 1.74. The van der Waals surface area contributed by atoms with E-state index in [1.807, 2.05) is 0 Å². The minimum absolute atomic E-state index is 0.0609. The van der Waals surface area contributed by atoms with Crippen molar-refractivity contribution in [2.75, 3.05) is 12.4 Å². The number of benzene rings is 1. The smallest absolute Gasteiger partial charge is 0.388 e. The van der Waals surface area contributed by atoms with Crippen molar-refractivity contribution in [2.24, 2.45) is 4.99 Å². The Morgan fingerprint density at radius 1 is 1.65 bits per heavy atom. The Labute approximate surface area is 118 Å². The maximum absolute atomic E-state index is 13.1. The summed E-state index contributed by atoms with van der Waals surface area (Å²) in [5, 5.41) is 11.0. The van der Waals surface area contributed by atoms with Crippen LogP contribution in [0.25, 0.3) is 0 Å². The van der Waals surface area contributed by atoms with E-state index in [0.29, 0.717) is 10.6 Å². The first-order chi connectivity index (χ1) is 9.52. The summed E-state index contributed by atoms with van der Waals surface area (Å²) in [4.78, 5) is 26.7. The van der Waals surface area contributed by atoms with Crippen LogP contribution in [-0.2, 0) is 9.53 Å². The van der Waals surface area contributed by atoms with E-state index in [-0.39, 0.29) is 18.1 Å². The highest BCUT2D eigenvalue weighted by Gasteiger charge is 2.38. The third-order valence-electron chi connectivity index (χ3n) is 2.60. The molecule has 1 heterocycles. The number of hydrogen-bond acceptors (Lipinski definition) is 6. The van der Waals surface area contributed by atoms with Gasteiger partial charge >= 0.3 is 12.0 Å². The third kappa shape index (κ3) is 2.96. The predicted molar refractivity (Wildman–Crippen MR) is 71.6 cm³/mol. The molecule has 0 radical (unpaired) electrons. The summed E-state index contributed by atoms with van der Waals surface area (Å²) in [5.41, 5.74) is 0.534. The van der Waals surface area contributed by atoms with E-state index < -0.39 is 22.8 Å². The number of aliphatic imine (C=N–C) groups is 1. The molecule has 106 valence electrons. The summed E-state index contributed by atoms with van der Waals surface area (Å²) in [6.45, 7) is 1.63. The molecule has 1 aliphatic rings. The molecule has 0 saturated carbocycles. The highest BCUT2D eigenvalue weighted by Crippen LogP contribution is 2.35. The van der Waals surface area contributed by atoms with E-state index in [9.17, 15) is 19.3 Å². The number of carbonyl (C=O) groups excluding carboxylic acids is 1. The Bertz CT molecular complexity index is 591. The first-order valence-corrected chi connectivity index (χ1v) is 6.81. The first-order valence-electron chi connectivity index (χ1n) is 5.83. The molecule has 8 heteroatoms. The predicted octanol–water partition coefficient (Wildman–Crippen LogP) is 2.21. The summed E-state index contributed by atoms with van der Waals surface area (Å²) in [5.74, 6) is -1.17. The van der Waals surface area contributed by atoms with Gasteiger partial charge in [0.25, 0.3) is 0 Å². The molecule has 0 bridgehead atoms. The van der Waals surface area contributed by atoms with Crippen molar-refractivity contribution in [1.82, 2.24) is 0 Å². The number of fused-ring (bicyclic) bond motifs is 1. The molecule has 1 atom stereocenters. The van der Waals surface area contributed by atoms with E-state index >= 15 is 0 Å². The van der Waals surface area contributed by atoms with Gasteiger partial charge in [-0.25, -0.2) is 14.2 Å². The number of carbonyl (C=O) groups is 1. The number of rotatable bonds is 4. The molecule has 6 nitrogen and oxygen atoms in total. The van der Waals surface area contributed by atoms with Gasteiger partial charge in [0.1, 0.15) is 11.5 Å². The van der Waals surface area contributed by atoms with Crippen LogP contribution in [0.4, 0.5) is 10.1 Å². The molecule has 0 aliphatic carbocycles. The molecule has 0 aromatic heterocycles. The molecule has 0 fully saturated rings. The summed E-state index contributed by atoms with van der Waals surface area (Å²) in [6, 6.07) is 2.35. The van der Waals surface area contributed by atoms with Gasteiger partial charge in [-0.2, -0.15) is 0 Å². The van der Waals surface area contributed by atoms with Gasteiger partial charge in [0.05, 0.1) is 12.3 Å². The lowest BCUT2D eigenvalue weighted by Crippen LogP contribution is -2.40. The molecular formula is C12H11FN2O4S. The third-order valence-corrected chi connectivity index (χ3v) is 3.68. The quantitative estimate of drug-likeness (QED) is 0.483. The van der Waals surface area contributed by atoms with Crippen molar-refractivity contribution in [2.45, 2.75) is 17.9 Å². The van der Waals surface area contributed by atoms with Gasteiger partial charge < -0.3 is 4.74 Å². The van der Waals surface area contributed by atoms with E-state index in [2.05, 4.69) is 4.99 Å². The normalized spacial score (nSPS) is 15.0. The van der Waals surface area contributed by atoms with Gasteiger partial charge in [0, 0.05) is 15.6 Å². The molecular weight excluding hydrogens is 287 g/mol. The molecule has 0 N–H and O–H groups in total. The van der Waals surface area contributed by atoms with Crippen LogP contribution in [-0.4, -0.2) is 35.0 Å². The highest BCUT2D eigenvalue weighted by atomic mass is 32.2. The second-order valence-corrected chi connectivity index (χ2v) is 4.96. The fraction of sp³-hybridized carbons (Fsp3) is 0.333. The van der Waals surface area contributed by atoms with Crippen LogP contribution in [0.3, 0.4) is 0 Å². The van der Waals surface area contributed by atoms with E-state index in [0.717, 1.165) is 0 Å². The number of nitrogens with zero attached hydrogens (tertiary/aromatic N) is 2. The van der Waals surface area contributed by atoms with Gasteiger partial charge in [-0.1, -0.05) is 0 Å². The minimum atomic E-state index is -1.61. The van der Waals surface area contributed by atoms with Crippen LogP contribution >= 0.6 is 11.8 Å². The van der Waals surface area contributed by atoms with Gasteiger partial charge in [0.2, 0.25) is 0 Å². The zero-order valence-corrected chi connectivity index (χ0v) is 11.4. The molecule has 0 spiro atoms. The molecule has 2 rings (SSSR count). The zero-order chi connectivity index (χ0) is 14.7. The number of hydrogen-bond donors (Lipinski definition) is 0. The zero-order valence-electron chi connectivity index (χ0n) is 10.5. The highest BCUT2D eigenvalue weighted by molar-refractivity contribution is 8.00. The summed E-state index contributed by atoms with van der Waals surface area (Å²) in [7, 11) is 0. The lowest BCUT2D eigenvalue weighted by molar-refractivity contribution is -0.492. The van der Waals surface area contributed by atoms with Crippen LogP contribution in [0.5, 0.6) is 0 Å². The average Bonchev–Trinajstić information content (AvgIpc) is 2.39. The minimum Gasteiger partial charge on any atom is -0.461 e. The van der Waals surface area contributed by atoms with Crippen molar-refractivity contribution in [3.05, 3.63) is 34.1 Å². The van der Waals surface area contributed by atoms with E-state index in [1.165, 1.54) is 30.0 Å². The molecule has 1 aromatic rings. The van der Waals surface area contributed by atoms with Gasteiger partial charge in [-0.05, 0) is 25.1 Å². The van der Waals surface area contributed by atoms with Crippen LogP contribution in [0, 0.1) is 15.9 Å². The monoisotopic (exact) mass is 298 g/mol. The number of nitro groups is 1. The maximum atomic E-state index is 13.1. The van der Waals surface area contributed by atoms with E-state index in [1.54, 1.807) is 6.92 Å².